The minimum absolute atomic E-state index is 0.575. The second kappa shape index (κ2) is 4.06. The lowest BCUT2D eigenvalue weighted by molar-refractivity contribution is 0.926. The fourth-order valence-electron chi connectivity index (χ4n) is 1.35. The van der Waals surface area contributed by atoms with Gasteiger partial charge in [-0.3, -0.25) is 0 Å². The molecule has 3 nitrogen and oxygen atoms in total. The zero-order valence-electron chi connectivity index (χ0n) is 7.96. The molecule has 0 aromatic carbocycles. The zero-order valence-corrected chi connectivity index (χ0v) is 10.4. The number of aromatic nitrogens is 2. The summed E-state index contributed by atoms with van der Waals surface area (Å²) >= 11 is 5.16. The predicted molar refractivity (Wildman–Crippen MR) is 63.3 cm³/mol. The molecule has 0 radical (unpaired) electrons. The second-order valence-electron chi connectivity index (χ2n) is 3.43. The summed E-state index contributed by atoms with van der Waals surface area (Å²) in [5.41, 5.74) is 6.91. The molecule has 76 valence electrons. The van der Waals surface area contributed by atoms with Crippen LogP contribution in [0.1, 0.15) is 30.3 Å². The quantitative estimate of drug-likeness (QED) is 0.920. The average molecular weight is 274 g/mol. The summed E-state index contributed by atoms with van der Waals surface area (Å²) in [7, 11) is 0. The number of halogens is 1. The van der Waals surface area contributed by atoms with Crippen LogP contribution in [0.2, 0.25) is 0 Å². The van der Waals surface area contributed by atoms with Crippen molar-refractivity contribution in [3.05, 3.63) is 16.0 Å². The van der Waals surface area contributed by atoms with Gasteiger partial charge in [0.1, 0.15) is 11.6 Å². The Morgan fingerprint density at radius 2 is 2.21 bits per heavy atom. The standard InChI is InChI=1S/C9H12BrN3S/c1-14-4-6-12-8(5-2-3-5)7(10)9(11)13-6/h5H,2-4H2,1H3,(H2,11,12,13). The minimum Gasteiger partial charge on any atom is -0.383 e. The Labute approximate surface area is 96.0 Å². The monoisotopic (exact) mass is 273 g/mol. The summed E-state index contributed by atoms with van der Waals surface area (Å²) in [5.74, 6) is 2.86. The van der Waals surface area contributed by atoms with Gasteiger partial charge in [-0.25, -0.2) is 9.97 Å². The third-order valence-corrected chi connectivity index (χ3v) is 3.55. The van der Waals surface area contributed by atoms with Crippen LogP contribution in [-0.4, -0.2) is 16.2 Å². The SMILES string of the molecule is CSCc1nc(N)c(Br)c(C2CC2)n1. The molecule has 5 heteroatoms. The van der Waals surface area contributed by atoms with Crippen LogP contribution in [0.5, 0.6) is 0 Å². The van der Waals surface area contributed by atoms with Gasteiger partial charge in [-0.05, 0) is 35.0 Å². The van der Waals surface area contributed by atoms with E-state index in [1.54, 1.807) is 11.8 Å². The van der Waals surface area contributed by atoms with Crippen LogP contribution >= 0.6 is 27.7 Å². The van der Waals surface area contributed by atoms with Crippen molar-refractivity contribution in [2.24, 2.45) is 0 Å². The van der Waals surface area contributed by atoms with Gasteiger partial charge in [-0.1, -0.05) is 0 Å². The Hall–Kier alpha value is -0.290. The first-order valence-electron chi connectivity index (χ1n) is 4.53. The van der Waals surface area contributed by atoms with E-state index in [0.29, 0.717) is 11.7 Å². The van der Waals surface area contributed by atoms with Crippen molar-refractivity contribution >= 4 is 33.5 Å². The Morgan fingerprint density at radius 1 is 1.50 bits per heavy atom. The third-order valence-electron chi connectivity index (χ3n) is 2.19. The largest absolute Gasteiger partial charge is 0.383 e. The highest BCUT2D eigenvalue weighted by Crippen LogP contribution is 2.43. The molecule has 1 aromatic heterocycles. The first kappa shape index (κ1) is 10.2. The topological polar surface area (TPSA) is 51.8 Å². The predicted octanol–water partition coefficient (Wildman–Crippen LogP) is 2.56. The number of anilines is 1. The van der Waals surface area contributed by atoms with E-state index in [1.807, 2.05) is 6.26 Å². The second-order valence-corrected chi connectivity index (χ2v) is 5.09. The molecule has 0 bridgehead atoms. The fraction of sp³-hybridized carbons (Fsp3) is 0.556. The summed E-state index contributed by atoms with van der Waals surface area (Å²) in [6.45, 7) is 0. The van der Waals surface area contributed by atoms with Gasteiger partial charge in [0.05, 0.1) is 15.9 Å². The van der Waals surface area contributed by atoms with Gasteiger partial charge in [0.2, 0.25) is 0 Å². The molecule has 1 saturated carbocycles. The van der Waals surface area contributed by atoms with Crippen molar-refractivity contribution in [1.82, 2.24) is 9.97 Å². The molecule has 2 rings (SSSR count). The van der Waals surface area contributed by atoms with Crippen molar-refractivity contribution < 1.29 is 0 Å². The van der Waals surface area contributed by atoms with Crippen LogP contribution in [-0.2, 0) is 5.75 Å². The van der Waals surface area contributed by atoms with E-state index >= 15 is 0 Å². The van der Waals surface area contributed by atoms with E-state index in [9.17, 15) is 0 Å². The van der Waals surface area contributed by atoms with E-state index in [1.165, 1.54) is 12.8 Å². The molecule has 1 fully saturated rings. The van der Waals surface area contributed by atoms with Gasteiger partial charge >= 0.3 is 0 Å². The molecule has 1 heterocycles. The highest BCUT2D eigenvalue weighted by atomic mass is 79.9. The number of nitrogens with two attached hydrogens (primary N) is 1. The maximum absolute atomic E-state index is 5.81. The van der Waals surface area contributed by atoms with Gasteiger partial charge in [-0.15, -0.1) is 0 Å². The molecule has 0 atom stereocenters. The normalized spacial score (nSPS) is 15.9. The zero-order chi connectivity index (χ0) is 10.1. The Balaban J connectivity index is 2.36. The number of nitrogen functional groups attached to an aromatic ring is 1. The molecule has 1 aromatic rings. The van der Waals surface area contributed by atoms with Crippen molar-refractivity contribution in [3.63, 3.8) is 0 Å². The molecule has 0 spiro atoms. The number of hydrogen-bond acceptors (Lipinski definition) is 4. The molecule has 1 aliphatic rings. The summed E-state index contributed by atoms with van der Waals surface area (Å²) in [5, 5.41) is 0. The molecule has 0 unspecified atom stereocenters. The molecule has 0 saturated heterocycles. The van der Waals surface area contributed by atoms with Gasteiger partial charge in [0.25, 0.3) is 0 Å². The Kier molecular flexibility index (Phi) is 2.97. The fourth-order valence-corrected chi connectivity index (χ4v) is 2.24. The number of hydrogen-bond donors (Lipinski definition) is 1. The molecule has 1 aliphatic carbocycles. The van der Waals surface area contributed by atoms with Gasteiger partial charge in [-0.2, -0.15) is 11.8 Å². The van der Waals surface area contributed by atoms with Crippen LogP contribution < -0.4 is 5.73 Å². The van der Waals surface area contributed by atoms with Crippen molar-refractivity contribution in [2.75, 3.05) is 12.0 Å². The molecule has 0 aliphatic heterocycles. The summed E-state index contributed by atoms with van der Waals surface area (Å²) in [4.78, 5) is 8.76. The van der Waals surface area contributed by atoms with Gasteiger partial charge in [0, 0.05) is 5.92 Å². The maximum Gasteiger partial charge on any atom is 0.141 e. The average Bonchev–Trinajstić information content (AvgIpc) is 2.94. The highest BCUT2D eigenvalue weighted by molar-refractivity contribution is 9.10. The first-order valence-corrected chi connectivity index (χ1v) is 6.71. The van der Waals surface area contributed by atoms with Crippen LogP contribution in [0.4, 0.5) is 5.82 Å². The lowest BCUT2D eigenvalue weighted by Gasteiger charge is -2.06. The van der Waals surface area contributed by atoms with E-state index in [-0.39, 0.29) is 0 Å². The van der Waals surface area contributed by atoms with Gasteiger partial charge < -0.3 is 5.73 Å². The maximum atomic E-state index is 5.81. The van der Waals surface area contributed by atoms with E-state index in [0.717, 1.165) is 21.7 Å². The smallest absolute Gasteiger partial charge is 0.141 e. The third kappa shape index (κ3) is 2.03. The van der Waals surface area contributed by atoms with Gasteiger partial charge in [0.15, 0.2) is 0 Å². The molecule has 2 N–H and O–H groups in total. The molecular weight excluding hydrogens is 262 g/mol. The van der Waals surface area contributed by atoms with Crippen LogP contribution in [0, 0.1) is 0 Å². The lowest BCUT2D eigenvalue weighted by atomic mass is 10.3. The van der Waals surface area contributed by atoms with Crippen molar-refractivity contribution in [3.8, 4) is 0 Å². The summed E-state index contributed by atoms with van der Waals surface area (Å²) < 4.78 is 0.893. The molecular formula is C9H12BrN3S. The van der Waals surface area contributed by atoms with E-state index < -0.39 is 0 Å². The van der Waals surface area contributed by atoms with E-state index in [4.69, 9.17) is 5.73 Å². The Morgan fingerprint density at radius 3 is 2.79 bits per heavy atom. The van der Waals surface area contributed by atoms with Crippen molar-refractivity contribution in [2.45, 2.75) is 24.5 Å². The molecule has 0 amide bonds. The number of nitrogens with zero attached hydrogens (tertiary/aromatic N) is 2. The number of rotatable bonds is 3. The van der Waals surface area contributed by atoms with Crippen LogP contribution in [0.25, 0.3) is 0 Å². The van der Waals surface area contributed by atoms with Crippen LogP contribution in [0.15, 0.2) is 4.47 Å². The minimum atomic E-state index is 0.575. The highest BCUT2D eigenvalue weighted by Gasteiger charge is 2.28. The summed E-state index contributed by atoms with van der Waals surface area (Å²) in [6, 6.07) is 0. The molecule has 14 heavy (non-hydrogen) atoms. The van der Waals surface area contributed by atoms with E-state index in [2.05, 4.69) is 25.9 Å². The van der Waals surface area contributed by atoms with Crippen LogP contribution in [0.3, 0.4) is 0 Å². The lowest BCUT2D eigenvalue weighted by Crippen LogP contribution is -2.03. The van der Waals surface area contributed by atoms with Crippen molar-refractivity contribution in [1.29, 1.82) is 0 Å². The Bertz CT molecular complexity index is 352. The first-order chi connectivity index (χ1) is 6.72. The number of thioether (sulfide) groups is 1. The summed E-state index contributed by atoms with van der Waals surface area (Å²) in [6.07, 6.45) is 4.50.